The number of aromatic nitrogens is 3. The highest BCUT2D eigenvalue weighted by atomic mass is 79.9. The highest BCUT2D eigenvalue weighted by Gasteiger charge is 2.15. The minimum absolute atomic E-state index is 0.0612. The Morgan fingerprint density at radius 1 is 1.08 bits per heavy atom. The van der Waals surface area contributed by atoms with Gasteiger partial charge in [0.15, 0.2) is 5.82 Å². The van der Waals surface area contributed by atoms with Crippen molar-refractivity contribution < 1.29 is 8.42 Å². The maximum atomic E-state index is 11.4. The summed E-state index contributed by atoms with van der Waals surface area (Å²) < 4.78 is 25.5. The smallest absolute Gasteiger partial charge is 0.225 e. The topological polar surface area (TPSA) is 90.9 Å². The van der Waals surface area contributed by atoms with Crippen molar-refractivity contribution in [1.29, 1.82) is 0 Å². The van der Waals surface area contributed by atoms with E-state index in [0.717, 1.165) is 15.7 Å². The Hall–Kier alpha value is -1.68. The molecule has 0 amide bonds. The van der Waals surface area contributed by atoms with Crippen molar-refractivity contribution >= 4 is 37.7 Å². The minimum Gasteiger partial charge on any atom is -0.225 e. The largest absolute Gasteiger partial charge is 0.238 e. The molecule has 2 aromatic carbocycles. The molecule has 6 nitrogen and oxygen atoms in total. The number of rotatable bonds is 4. The molecule has 3 rings (SSSR count). The van der Waals surface area contributed by atoms with Gasteiger partial charge in [-0.3, -0.25) is 0 Å². The Labute approximate surface area is 152 Å². The van der Waals surface area contributed by atoms with Crippen LogP contribution in [0.25, 0.3) is 17.1 Å². The van der Waals surface area contributed by atoms with Gasteiger partial charge in [-0.25, -0.2) is 23.2 Å². The summed E-state index contributed by atoms with van der Waals surface area (Å²) in [5.41, 5.74) is 1.61. The third-order valence-electron chi connectivity index (χ3n) is 3.28. The number of sulfonamides is 1. The van der Waals surface area contributed by atoms with E-state index in [9.17, 15) is 8.42 Å². The van der Waals surface area contributed by atoms with E-state index in [1.807, 2.05) is 30.5 Å². The number of nitrogens with two attached hydrogens (primary N) is 1. The molecule has 1 aromatic heterocycles. The summed E-state index contributed by atoms with van der Waals surface area (Å²) in [5, 5.41) is 10.3. The second-order valence-corrected chi connectivity index (χ2v) is 8.13. The van der Waals surface area contributed by atoms with E-state index in [1.165, 1.54) is 23.9 Å². The van der Waals surface area contributed by atoms with Gasteiger partial charge in [0.1, 0.15) is 0 Å². The number of nitrogens with zero attached hydrogens (tertiary/aromatic N) is 3. The van der Waals surface area contributed by atoms with Crippen molar-refractivity contribution in [1.82, 2.24) is 14.8 Å². The van der Waals surface area contributed by atoms with Crippen LogP contribution < -0.4 is 5.14 Å². The summed E-state index contributed by atoms with van der Waals surface area (Å²) in [7, 11) is -3.72. The molecule has 0 unspecified atom stereocenters. The van der Waals surface area contributed by atoms with E-state index in [4.69, 9.17) is 5.14 Å². The minimum atomic E-state index is -3.72. The second kappa shape index (κ2) is 6.67. The van der Waals surface area contributed by atoms with E-state index >= 15 is 0 Å². The van der Waals surface area contributed by atoms with Gasteiger partial charge >= 0.3 is 0 Å². The fraction of sp³-hybridized carbons (Fsp3) is 0.0667. The van der Waals surface area contributed by atoms with Gasteiger partial charge in [-0.15, -0.1) is 5.10 Å². The molecule has 0 aliphatic carbocycles. The fourth-order valence-electron chi connectivity index (χ4n) is 2.12. The molecule has 3 aromatic rings. The normalized spacial score (nSPS) is 11.6. The zero-order valence-corrected chi connectivity index (χ0v) is 15.8. The fourth-order valence-corrected chi connectivity index (χ4v) is 3.24. The molecule has 9 heteroatoms. The van der Waals surface area contributed by atoms with Gasteiger partial charge in [0.2, 0.25) is 15.2 Å². The van der Waals surface area contributed by atoms with Gasteiger partial charge in [-0.05, 0) is 54.8 Å². The van der Waals surface area contributed by atoms with Crippen LogP contribution >= 0.6 is 27.7 Å². The third kappa shape index (κ3) is 3.54. The first-order chi connectivity index (χ1) is 11.4. The summed E-state index contributed by atoms with van der Waals surface area (Å²) in [6.07, 6.45) is 1.90. The molecule has 0 saturated carbocycles. The monoisotopic (exact) mass is 424 g/mol. The average molecular weight is 425 g/mol. The van der Waals surface area contributed by atoms with Gasteiger partial charge in [0.05, 0.1) is 10.6 Å². The van der Waals surface area contributed by atoms with Crippen LogP contribution in [0, 0.1) is 0 Å². The van der Waals surface area contributed by atoms with E-state index < -0.39 is 10.0 Å². The van der Waals surface area contributed by atoms with Crippen molar-refractivity contribution in [3.63, 3.8) is 0 Å². The van der Waals surface area contributed by atoms with Gasteiger partial charge in [-0.1, -0.05) is 27.7 Å². The predicted molar refractivity (Wildman–Crippen MR) is 97.6 cm³/mol. The van der Waals surface area contributed by atoms with Crippen LogP contribution in [-0.2, 0) is 10.0 Å². The number of hydrogen-bond donors (Lipinski definition) is 1. The van der Waals surface area contributed by atoms with E-state index in [1.54, 1.807) is 16.8 Å². The zero-order valence-electron chi connectivity index (χ0n) is 12.5. The quantitative estimate of drug-likeness (QED) is 0.649. The summed E-state index contributed by atoms with van der Waals surface area (Å²) in [4.78, 5) is 4.57. The summed E-state index contributed by atoms with van der Waals surface area (Å²) >= 11 is 4.84. The molecular weight excluding hydrogens is 412 g/mol. The molecule has 0 aliphatic heterocycles. The molecule has 0 radical (unpaired) electrons. The Morgan fingerprint density at radius 2 is 1.71 bits per heavy atom. The number of hydrogen-bond acceptors (Lipinski definition) is 5. The Balaban J connectivity index is 2.10. The molecule has 0 spiro atoms. The lowest BCUT2D eigenvalue weighted by Crippen LogP contribution is -2.11. The molecule has 1 heterocycles. The van der Waals surface area contributed by atoms with E-state index in [2.05, 4.69) is 26.0 Å². The van der Waals surface area contributed by atoms with Gasteiger partial charge < -0.3 is 0 Å². The van der Waals surface area contributed by atoms with Crippen molar-refractivity contribution in [3.05, 3.63) is 53.0 Å². The number of thioether (sulfide) groups is 1. The highest BCUT2D eigenvalue weighted by molar-refractivity contribution is 9.10. The number of halogens is 1. The molecule has 0 fully saturated rings. The molecule has 0 bridgehead atoms. The average Bonchev–Trinajstić information content (AvgIpc) is 2.99. The van der Waals surface area contributed by atoms with Crippen molar-refractivity contribution in [3.8, 4) is 17.1 Å². The van der Waals surface area contributed by atoms with E-state index in [-0.39, 0.29) is 4.90 Å². The van der Waals surface area contributed by atoms with Crippen LogP contribution in [0.1, 0.15) is 0 Å². The van der Waals surface area contributed by atoms with E-state index in [0.29, 0.717) is 11.0 Å². The lowest BCUT2D eigenvalue weighted by atomic mass is 10.2. The second-order valence-electron chi connectivity index (χ2n) is 4.88. The first-order valence-corrected chi connectivity index (χ1v) is 10.3. The Morgan fingerprint density at radius 3 is 2.25 bits per heavy atom. The van der Waals surface area contributed by atoms with Crippen LogP contribution in [0.5, 0.6) is 0 Å². The maximum absolute atomic E-state index is 11.4. The number of primary sulfonamides is 1. The van der Waals surface area contributed by atoms with Gasteiger partial charge in [-0.2, -0.15) is 0 Å². The standard InChI is InChI=1S/C15H13BrN4O2S2/c1-23-15-18-14(10-2-8-13(9-3-10)24(17,21)22)20(19-15)12-6-4-11(16)5-7-12/h2-9H,1H3,(H2,17,21,22). The van der Waals surface area contributed by atoms with Crippen LogP contribution in [0.4, 0.5) is 0 Å². The lowest BCUT2D eigenvalue weighted by Gasteiger charge is -2.06. The van der Waals surface area contributed by atoms with Crippen molar-refractivity contribution in [2.45, 2.75) is 10.1 Å². The van der Waals surface area contributed by atoms with Crippen LogP contribution in [0.15, 0.2) is 63.1 Å². The Bertz CT molecular complexity index is 968. The lowest BCUT2D eigenvalue weighted by molar-refractivity contribution is 0.598. The van der Waals surface area contributed by atoms with Gasteiger partial charge in [0.25, 0.3) is 0 Å². The number of benzene rings is 2. The molecule has 0 aliphatic rings. The molecular formula is C15H13BrN4O2S2. The van der Waals surface area contributed by atoms with Gasteiger partial charge in [0, 0.05) is 10.0 Å². The Kier molecular flexibility index (Phi) is 4.77. The SMILES string of the molecule is CSc1nc(-c2ccc(S(N)(=O)=O)cc2)n(-c2ccc(Br)cc2)n1. The summed E-state index contributed by atoms with van der Waals surface area (Å²) in [5.74, 6) is 0.627. The zero-order chi connectivity index (χ0) is 17.3. The van der Waals surface area contributed by atoms with Crippen molar-refractivity contribution in [2.75, 3.05) is 6.26 Å². The van der Waals surface area contributed by atoms with Crippen LogP contribution in [0.2, 0.25) is 0 Å². The molecule has 2 N–H and O–H groups in total. The summed E-state index contributed by atoms with van der Waals surface area (Å²) in [6, 6.07) is 13.9. The molecule has 24 heavy (non-hydrogen) atoms. The highest BCUT2D eigenvalue weighted by Crippen LogP contribution is 2.25. The van der Waals surface area contributed by atoms with Crippen molar-refractivity contribution in [2.24, 2.45) is 5.14 Å². The summed E-state index contributed by atoms with van der Waals surface area (Å²) in [6.45, 7) is 0. The third-order valence-corrected chi connectivity index (χ3v) is 5.28. The maximum Gasteiger partial charge on any atom is 0.238 e. The molecule has 0 atom stereocenters. The molecule has 124 valence electrons. The van der Waals surface area contributed by atoms with Crippen LogP contribution in [0.3, 0.4) is 0 Å². The predicted octanol–water partition coefficient (Wildman–Crippen LogP) is 3.07. The van der Waals surface area contributed by atoms with Crippen LogP contribution in [-0.4, -0.2) is 29.4 Å². The first kappa shape index (κ1) is 17.2. The first-order valence-electron chi connectivity index (χ1n) is 6.79. The molecule has 0 saturated heterocycles.